The van der Waals surface area contributed by atoms with Gasteiger partial charge in [-0.05, 0) is 166 Å². The number of anilines is 6. The van der Waals surface area contributed by atoms with Gasteiger partial charge in [0.25, 0.3) is 0 Å². The maximum absolute atomic E-state index is 18.3. The number of benzene rings is 14. The predicted octanol–water partition coefficient (Wildman–Crippen LogP) is 23.0. The van der Waals surface area contributed by atoms with Crippen molar-refractivity contribution in [2.24, 2.45) is 0 Å². The summed E-state index contributed by atoms with van der Waals surface area (Å²) in [6.45, 7) is 8.29. The van der Waals surface area contributed by atoms with Crippen molar-refractivity contribution in [3.8, 4) is 66.8 Å². The van der Waals surface area contributed by atoms with E-state index in [1.807, 2.05) is 36.4 Å². The molecular weight excluding hydrogens is 1030 g/mol. The Kier molecular flexibility index (Phi) is 13.2. The predicted molar refractivity (Wildman–Crippen MR) is 351 cm³/mol. The van der Waals surface area contributed by atoms with E-state index in [9.17, 15) is 0 Å². The summed E-state index contributed by atoms with van der Waals surface area (Å²) in [7, 11) is 0. The summed E-state index contributed by atoms with van der Waals surface area (Å²) in [6, 6.07) is 95.9. The van der Waals surface area contributed by atoms with Crippen LogP contribution in [0.2, 0.25) is 0 Å². The number of aryl methyl sites for hydroxylation is 4. The number of rotatable bonds is 12. The maximum atomic E-state index is 18.3. The average Bonchev–Trinajstić information content (AvgIpc) is 1.28. The first-order chi connectivity index (χ1) is 41.1. The van der Waals surface area contributed by atoms with Crippen molar-refractivity contribution in [3.05, 3.63) is 313 Å². The van der Waals surface area contributed by atoms with Crippen molar-refractivity contribution in [1.82, 2.24) is 0 Å². The Labute approximate surface area is 489 Å². The van der Waals surface area contributed by atoms with Gasteiger partial charge < -0.3 is 9.80 Å². The smallest absolute Gasteiger partial charge is 0.148 e. The number of hydrogen-bond acceptors (Lipinski definition) is 2. The Morgan fingerprint density at radius 1 is 0.250 bits per heavy atom. The summed E-state index contributed by atoms with van der Waals surface area (Å²) in [5.74, 6) is -0.699. The molecule has 0 aliphatic heterocycles. The van der Waals surface area contributed by atoms with Crippen LogP contribution in [-0.2, 0) is 0 Å². The van der Waals surface area contributed by atoms with E-state index < -0.39 is 0 Å². The SMILES string of the molecule is Cc1ccc(-c2cc(F)c(N(c3ccc(-c4ccccc4)cc3)c3ccc4ccc5c(N(c6ccc(-c7ccccc7)cc6)c6c(F)cc(-c7ccc(C)cc7)cc6-c6ccc(C)cc6)ccc6ccc3c4c65)c(-c3ccc(C)cc3)c2)cc1. The monoisotopic (exact) mass is 1080 g/mol. The number of halogens is 2. The van der Waals surface area contributed by atoms with Gasteiger partial charge >= 0.3 is 0 Å². The Balaban J connectivity index is 1.02. The molecule has 0 bridgehead atoms. The minimum absolute atomic E-state index is 0.350. The molecule has 0 heterocycles. The van der Waals surface area contributed by atoms with E-state index in [0.29, 0.717) is 11.4 Å². The molecular formula is C80H58F2N2. The summed E-state index contributed by atoms with van der Waals surface area (Å²) < 4.78 is 36.5. The van der Waals surface area contributed by atoms with E-state index in [2.05, 4.69) is 268 Å². The summed E-state index contributed by atoms with van der Waals surface area (Å²) in [5, 5.41) is 6.00. The molecule has 2 nitrogen and oxygen atoms in total. The third-order valence-corrected chi connectivity index (χ3v) is 16.6. The summed E-state index contributed by atoms with van der Waals surface area (Å²) in [4.78, 5) is 4.23. The van der Waals surface area contributed by atoms with Crippen LogP contribution in [0.4, 0.5) is 42.9 Å². The van der Waals surface area contributed by atoms with Gasteiger partial charge in [0.1, 0.15) is 11.6 Å². The fourth-order valence-electron chi connectivity index (χ4n) is 12.2. The Hall–Kier alpha value is -10.4. The van der Waals surface area contributed by atoms with Crippen LogP contribution >= 0.6 is 0 Å². The van der Waals surface area contributed by atoms with Crippen molar-refractivity contribution in [3.63, 3.8) is 0 Å². The van der Waals surface area contributed by atoms with Crippen LogP contribution in [0.25, 0.3) is 99.1 Å². The third-order valence-electron chi connectivity index (χ3n) is 16.6. The van der Waals surface area contributed by atoms with E-state index in [4.69, 9.17) is 0 Å². The second-order valence-electron chi connectivity index (χ2n) is 22.3. The van der Waals surface area contributed by atoms with Crippen LogP contribution in [0, 0.1) is 39.3 Å². The summed E-state index contributed by atoms with van der Waals surface area (Å²) >= 11 is 0. The molecule has 0 aliphatic rings. The zero-order chi connectivity index (χ0) is 57.0. The third kappa shape index (κ3) is 9.52. The second kappa shape index (κ2) is 21.5. The molecule has 0 amide bonds. The number of hydrogen-bond donors (Lipinski definition) is 0. The molecule has 0 aliphatic carbocycles. The van der Waals surface area contributed by atoms with Crippen LogP contribution in [0.1, 0.15) is 22.3 Å². The summed E-state index contributed by atoms with van der Waals surface area (Å²) in [6.07, 6.45) is 0. The molecule has 0 aromatic heterocycles. The fraction of sp³-hybridized carbons (Fsp3) is 0.0500. The largest absolute Gasteiger partial charge is 0.307 e. The van der Waals surface area contributed by atoms with Gasteiger partial charge in [-0.1, -0.05) is 241 Å². The minimum Gasteiger partial charge on any atom is -0.307 e. The molecule has 0 spiro atoms. The maximum Gasteiger partial charge on any atom is 0.148 e. The minimum atomic E-state index is -0.350. The van der Waals surface area contributed by atoms with Crippen molar-refractivity contribution >= 4 is 66.4 Å². The molecule has 402 valence electrons. The summed E-state index contributed by atoms with van der Waals surface area (Å²) in [5.41, 5.74) is 19.7. The molecule has 0 radical (unpaired) electrons. The van der Waals surface area contributed by atoms with Gasteiger partial charge in [0.2, 0.25) is 0 Å². The molecule has 0 fully saturated rings. The zero-order valence-corrected chi connectivity index (χ0v) is 47.2. The normalized spacial score (nSPS) is 11.5. The van der Waals surface area contributed by atoms with E-state index >= 15 is 8.78 Å². The van der Waals surface area contributed by atoms with Crippen LogP contribution in [0.15, 0.2) is 279 Å². The lowest BCUT2D eigenvalue weighted by Gasteiger charge is -2.32. The van der Waals surface area contributed by atoms with Crippen molar-refractivity contribution in [2.45, 2.75) is 27.7 Å². The molecule has 14 aromatic rings. The molecule has 0 N–H and O–H groups in total. The zero-order valence-electron chi connectivity index (χ0n) is 47.2. The van der Waals surface area contributed by atoms with Crippen molar-refractivity contribution < 1.29 is 8.78 Å². The first kappa shape index (κ1) is 51.7. The van der Waals surface area contributed by atoms with E-state index in [1.165, 1.54) is 0 Å². The second-order valence-corrected chi connectivity index (χ2v) is 22.3. The molecule has 84 heavy (non-hydrogen) atoms. The van der Waals surface area contributed by atoms with E-state index in [1.54, 1.807) is 12.1 Å². The molecule has 0 atom stereocenters. The molecule has 0 saturated heterocycles. The average molecular weight is 1090 g/mol. The van der Waals surface area contributed by atoms with Crippen molar-refractivity contribution in [2.75, 3.05) is 9.80 Å². The number of nitrogens with zero attached hydrogens (tertiary/aromatic N) is 2. The van der Waals surface area contributed by atoms with Gasteiger partial charge in [0, 0.05) is 33.3 Å². The van der Waals surface area contributed by atoms with Gasteiger partial charge in [-0.2, -0.15) is 0 Å². The molecule has 14 rings (SSSR count). The Morgan fingerprint density at radius 2 is 0.536 bits per heavy atom. The first-order valence-corrected chi connectivity index (χ1v) is 28.7. The van der Waals surface area contributed by atoms with Crippen LogP contribution in [0.3, 0.4) is 0 Å². The Morgan fingerprint density at radius 3 is 0.881 bits per heavy atom. The van der Waals surface area contributed by atoms with Crippen LogP contribution in [-0.4, -0.2) is 0 Å². The van der Waals surface area contributed by atoms with E-state index in [-0.39, 0.29) is 11.6 Å². The standard InChI is InChI=1S/C80H58F2N2/c1-51-15-23-59(24-16-51)65-47-71(61-27-19-53(3)20-28-61)79(73(81)49-65)83(67-39-31-57(32-40-67)55-11-7-5-8-12-55)75-45-37-63-36-44-70-76(46-38-64-35-43-69(75)77(63)78(64)70)84(68-41-33-58(34-42-68)56-13-9-6-10-14-56)80-72(62-29-21-54(4)22-30-62)48-66(50-74(80)82)60-25-17-52(2)18-26-60/h5-50H,1-4H3. The molecule has 4 heteroatoms. The first-order valence-electron chi connectivity index (χ1n) is 28.7. The Bertz CT molecular complexity index is 4400. The molecule has 0 saturated carbocycles. The van der Waals surface area contributed by atoms with E-state index in [0.717, 1.165) is 144 Å². The van der Waals surface area contributed by atoms with Gasteiger partial charge in [-0.15, -0.1) is 0 Å². The lowest BCUT2D eigenvalue weighted by atomic mass is 9.90. The van der Waals surface area contributed by atoms with Gasteiger partial charge in [-0.3, -0.25) is 0 Å². The highest BCUT2D eigenvalue weighted by atomic mass is 19.1. The van der Waals surface area contributed by atoms with Gasteiger partial charge in [0.05, 0.1) is 22.7 Å². The lowest BCUT2D eigenvalue weighted by Crippen LogP contribution is -2.15. The van der Waals surface area contributed by atoms with Crippen LogP contribution in [0.5, 0.6) is 0 Å². The molecule has 14 aromatic carbocycles. The lowest BCUT2D eigenvalue weighted by molar-refractivity contribution is 0.629. The molecule has 0 unspecified atom stereocenters. The topological polar surface area (TPSA) is 6.48 Å². The van der Waals surface area contributed by atoms with Gasteiger partial charge in [0.15, 0.2) is 0 Å². The fourth-order valence-corrected chi connectivity index (χ4v) is 12.2. The highest BCUT2D eigenvalue weighted by Gasteiger charge is 2.29. The highest BCUT2D eigenvalue weighted by Crippen LogP contribution is 2.52. The van der Waals surface area contributed by atoms with Gasteiger partial charge in [-0.25, -0.2) is 8.78 Å². The highest BCUT2D eigenvalue weighted by molar-refractivity contribution is 6.28. The quantitative estimate of drug-likeness (QED) is 0.113. The van der Waals surface area contributed by atoms with Crippen molar-refractivity contribution in [1.29, 1.82) is 0 Å². The van der Waals surface area contributed by atoms with Crippen LogP contribution < -0.4 is 9.80 Å².